The molecule has 0 fully saturated rings. The van der Waals surface area contributed by atoms with Crippen molar-refractivity contribution in [3.63, 3.8) is 0 Å². The molecule has 3 nitrogen and oxygen atoms in total. The van der Waals surface area contributed by atoms with Gasteiger partial charge in [-0.3, -0.25) is 4.68 Å². The van der Waals surface area contributed by atoms with Gasteiger partial charge >= 0.3 is 0 Å². The smallest absolute Gasteiger partial charge is 0.123 e. The van der Waals surface area contributed by atoms with E-state index in [0.29, 0.717) is 0 Å². The van der Waals surface area contributed by atoms with Crippen LogP contribution in [0.3, 0.4) is 0 Å². The zero-order valence-electron chi connectivity index (χ0n) is 8.47. The van der Waals surface area contributed by atoms with Gasteiger partial charge in [-0.15, -0.1) is 0 Å². The first kappa shape index (κ1) is 9.10. The van der Waals surface area contributed by atoms with Crippen molar-refractivity contribution in [1.82, 2.24) is 9.78 Å². The van der Waals surface area contributed by atoms with Crippen LogP contribution in [-0.4, -0.2) is 16.8 Å². The summed E-state index contributed by atoms with van der Waals surface area (Å²) in [4.78, 5) is 0. The van der Waals surface area contributed by atoms with Crippen molar-refractivity contribution in [3.05, 3.63) is 11.8 Å². The molecule has 1 N–H and O–H groups in total. The molecule has 3 heteroatoms. The fourth-order valence-electron chi connectivity index (χ4n) is 1.07. The summed E-state index contributed by atoms with van der Waals surface area (Å²) < 4.78 is 1.86. The van der Waals surface area contributed by atoms with Crippen LogP contribution in [0.25, 0.3) is 0 Å². The average molecular weight is 167 g/mol. The van der Waals surface area contributed by atoms with Crippen molar-refractivity contribution in [2.24, 2.45) is 7.05 Å². The Morgan fingerprint density at radius 2 is 2.00 bits per heavy atom. The SMILES string of the molecule is CNc1cc(C(C)(C)C)nn1C. The van der Waals surface area contributed by atoms with Crippen LogP contribution < -0.4 is 5.32 Å². The Bertz CT molecular complexity index is 268. The van der Waals surface area contributed by atoms with Crippen molar-refractivity contribution < 1.29 is 0 Å². The number of nitrogens with zero attached hydrogens (tertiary/aromatic N) is 2. The highest BCUT2D eigenvalue weighted by Gasteiger charge is 2.18. The zero-order valence-corrected chi connectivity index (χ0v) is 8.47. The first-order valence-electron chi connectivity index (χ1n) is 4.17. The Labute approximate surface area is 73.8 Å². The number of nitrogens with one attached hydrogen (secondary N) is 1. The van der Waals surface area contributed by atoms with E-state index in [1.807, 2.05) is 18.8 Å². The predicted molar refractivity (Wildman–Crippen MR) is 51.5 cm³/mol. The number of aryl methyl sites for hydroxylation is 1. The van der Waals surface area contributed by atoms with E-state index in [1.54, 1.807) is 0 Å². The number of hydrogen-bond acceptors (Lipinski definition) is 2. The molecule has 0 atom stereocenters. The highest BCUT2D eigenvalue weighted by atomic mass is 15.3. The predicted octanol–water partition coefficient (Wildman–Crippen LogP) is 1.76. The van der Waals surface area contributed by atoms with Crippen molar-refractivity contribution in [3.8, 4) is 0 Å². The maximum absolute atomic E-state index is 4.41. The normalized spacial score (nSPS) is 11.8. The third-order valence-corrected chi connectivity index (χ3v) is 1.90. The third-order valence-electron chi connectivity index (χ3n) is 1.90. The molecule has 0 aliphatic heterocycles. The van der Waals surface area contributed by atoms with Gasteiger partial charge in [-0.25, -0.2) is 0 Å². The molecule has 0 saturated carbocycles. The van der Waals surface area contributed by atoms with Gasteiger partial charge in [0.1, 0.15) is 5.82 Å². The molecule has 0 bridgehead atoms. The van der Waals surface area contributed by atoms with Crippen molar-refractivity contribution in [1.29, 1.82) is 0 Å². The Morgan fingerprint density at radius 3 is 2.25 bits per heavy atom. The van der Waals surface area contributed by atoms with Crippen LogP contribution in [-0.2, 0) is 12.5 Å². The Morgan fingerprint density at radius 1 is 1.42 bits per heavy atom. The number of aromatic nitrogens is 2. The topological polar surface area (TPSA) is 29.9 Å². The second-order valence-electron chi connectivity index (χ2n) is 4.04. The molecule has 0 amide bonds. The van der Waals surface area contributed by atoms with E-state index in [9.17, 15) is 0 Å². The molecule has 0 aliphatic rings. The molecule has 12 heavy (non-hydrogen) atoms. The molecule has 1 aromatic heterocycles. The number of hydrogen-bond donors (Lipinski definition) is 1. The van der Waals surface area contributed by atoms with Crippen LogP contribution in [0.4, 0.5) is 5.82 Å². The molecule has 68 valence electrons. The van der Waals surface area contributed by atoms with Gasteiger partial charge in [0.2, 0.25) is 0 Å². The van der Waals surface area contributed by atoms with Crippen LogP contribution in [0.15, 0.2) is 6.07 Å². The van der Waals surface area contributed by atoms with E-state index in [0.717, 1.165) is 11.5 Å². The molecule has 1 heterocycles. The van der Waals surface area contributed by atoms with E-state index >= 15 is 0 Å². The molecule has 1 rings (SSSR count). The van der Waals surface area contributed by atoms with Crippen molar-refractivity contribution >= 4 is 5.82 Å². The summed E-state index contributed by atoms with van der Waals surface area (Å²) in [6.45, 7) is 6.48. The summed E-state index contributed by atoms with van der Waals surface area (Å²) in [7, 11) is 3.85. The largest absolute Gasteiger partial charge is 0.373 e. The van der Waals surface area contributed by atoms with Gasteiger partial charge in [0.25, 0.3) is 0 Å². The monoisotopic (exact) mass is 167 g/mol. The van der Waals surface area contributed by atoms with E-state index in [4.69, 9.17) is 0 Å². The van der Waals surface area contributed by atoms with E-state index < -0.39 is 0 Å². The van der Waals surface area contributed by atoms with Crippen molar-refractivity contribution in [2.45, 2.75) is 26.2 Å². The van der Waals surface area contributed by atoms with Gasteiger partial charge in [-0.05, 0) is 0 Å². The van der Waals surface area contributed by atoms with Crippen LogP contribution in [0, 0.1) is 0 Å². The van der Waals surface area contributed by atoms with Gasteiger partial charge in [-0.1, -0.05) is 20.8 Å². The second kappa shape index (κ2) is 2.81. The molecule has 1 aromatic rings. The van der Waals surface area contributed by atoms with Gasteiger partial charge < -0.3 is 5.32 Å². The summed E-state index contributed by atoms with van der Waals surface area (Å²) in [5, 5.41) is 7.50. The fraction of sp³-hybridized carbons (Fsp3) is 0.667. The van der Waals surface area contributed by atoms with E-state index in [-0.39, 0.29) is 5.41 Å². The molecule has 0 saturated heterocycles. The fourth-order valence-corrected chi connectivity index (χ4v) is 1.07. The molecular formula is C9H17N3. The number of anilines is 1. The molecular weight excluding hydrogens is 150 g/mol. The van der Waals surface area contributed by atoms with Gasteiger partial charge in [0, 0.05) is 25.6 Å². The first-order chi connectivity index (χ1) is 5.45. The highest BCUT2D eigenvalue weighted by Crippen LogP contribution is 2.22. The lowest BCUT2D eigenvalue weighted by Gasteiger charge is -2.13. The molecule has 0 radical (unpaired) electrons. The summed E-state index contributed by atoms with van der Waals surface area (Å²) in [5.41, 5.74) is 1.25. The Kier molecular flexibility index (Phi) is 2.13. The lowest BCUT2D eigenvalue weighted by atomic mass is 9.92. The summed E-state index contributed by atoms with van der Waals surface area (Å²) in [6.07, 6.45) is 0. The standard InChI is InChI=1S/C9H17N3/c1-9(2,3)7-6-8(10-4)12(5)11-7/h6,10H,1-5H3. The third kappa shape index (κ3) is 1.60. The first-order valence-corrected chi connectivity index (χ1v) is 4.17. The zero-order chi connectivity index (χ0) is 9.35. The molecule has 0 aromatic carbocycles. The van der Waals surface area contributed by atoms with Crippen LogP contribution in [0.5, 0.6) is 0 Å². The minimum Gasteiger partial charge on any atom is -0.373 e. The number of rotatable bonds is 1. The van der Waals surface area contributed by atoms with Gasteiger partial charge in [-0.2, -0.15) is 5.10 Å². The minimum absolute atomic E-state index is 0.132. The molecule has 0 aliphatic carbocycles. The van der Waals surface area contributed by atoms with Crippen LogP contribution >= 0.6 is 0 Å². The highest BCUT2D eigenvalue weighted by molar-refractivity contribution is 5.37. The van der Waals surface area contributed by atoms with E-state index in [2.05, 4.69) is 37.3 Å². The lowest BCUT2D eigenvalue weighted by Crippen LogP contribution is -2.12. The van der Waals surface area contributed by atoms with Crippen LogP contribution in [0.1, 0.15) is 26.5 Å². The Hall–Kier alpha value is -0.990. The van der Waals surface area contributed by atoms with Crippen LogP contribution in [0.2, 0.25) is 0 Å². The van der Waals surface area contributed by atoms with Gasteiger partial charge in [0.15, 0.2) is 0 Å². The summed E-state index contributed by atoms with van der Waals surface area (Å²) in [6, 6.07) is 2.08. The summed E-state index contributed by atoms with van der Waals surface area (Å²) in [5.74, 6) is 1.06. The molecule has 0 spiro atoms. The molecule has 0 unspecified atom stereocenters. The quantitative estimate of drug-likeness (QED) is 0.690. The maximum Gasteiger partial charge on any atom is 0.123 e. The summed E-state index contributed by atoms with van der Waals surface area (Å²) >= 11 is 0. The van der Waals surface area contributed by atoms with Crippen molar-refractivity contribution in [2.75, 3.05) is 12.4 Å². The lowest BCUT2D eigenvalue weighted by molar-refractivity contribution is 0.553. The maximum atomic E-state index is 4.41. The average Bonchev–Trinajstić information content (AvgIpc) is 2.29. The second-order valence-corrected chi connectivity index (χ2v) is 4.04. The minimum atomic E-state index is 0.132. The van der Waals surface area contributed by atoms with Gasteiger partial charge in [0.05, 0.1) is 5.69 Å². The Balaban J connectivity index is 3.05. The van der Waals surface area contributed by atoms with E-state index in [1.165, 1.54) is 0 Å².